The molecule has 0 saturated heterocycles. The molecule has 0 unspecified atom stereocenters. The first-order valence-corrected chi connectivity index (χ1v) is 7.66. The van der Waals surface area contributed by atoms with Gasteiger partial charge in [-0.05, 0) is 50.6 Å². The van der Waals surface area contributed by atoms with E-state index in [0.29, 0.717) is 6.04 Å². The van der Waals surface area contributed by atoms with Crippen molar-refractivity contribution in [1.82, 2.24) is 14.7 Å². The molecule has 1 aliphatic rings. The highest BCUT2D eigenvalue weighted by atomic mass is 15.2. The van der Waals surface area contributed by atoms with Gasteiger partial charge in [0.2, 0.25) is 0 Å². The molecule has 1 saturated carbocycles. The van der Waals surface area contributed by atoms with E-state index in [1.807, 2.05) is 17.9 Å². The van der Waals surface area contributed by atoms with E-state index in [-0.39, 0.29) is 0 Å². The van der Waals surface area contributed by atoms with Crippen molar-refractivity contribution in [2.24, 2.45) is 12.8 Å². The number of hydrogen-bond donors (Lipinski definition) is 1. The molecular formula is C15H28N4. The molecule has 2 N–H and O–H groups in total. The van der Waals surface area contributed by atoms with Gasteiger partial charge >= 0.3 is 0 Å². The van der Waals surface area contributed by atoms with Gasteiger partial charge in [-0.2, -0.15) is 5.10 Å². The molecule has 108 valence electrons. The Morgan fingerprint density at radius 1 is 1.32 bits per heavy atom. The second kappa shape index (κ2) is 7.06. The van der Waals surface area contributed by atoms with Gasteiger partial charge in [0.05, 0.1) is 6.20 Å². The summed E-state index contributed by atoms with van der Waals surface area (Å²) in [6.45, 7) is 4.63. The van der Waals surface area contributed by atoms with Crippen LogP contribution in [0.1, 0.15) is 44.6 Å². The quantitative estimate of drug-likeness (QED) is 0.854. The highest BCUT2D eigenvalue weighted by molar-refractivity contribution is 5.04. The van der Waals surface area contributed by atoms with E-state index >= 15 is 0 Å². The Labute approximate surface area is 117 Å². The van der Waals surface area contributed by atoms with Crippen LogP contribution in [0.25, 0.3) is 0 Å². The molecule has 0 radical (unpaired) electrons. The summed E-state index contributed by atoms with van der Waals surface area (Å²) in [5, 5.41) is 4.24. The van der Waals surface area contributed by atoms with E-state index in [1.165, 1.54) is 44.2 Å². The van der Waals surface area contributed by atoms with Crippen LogP contribution in [0, 0.1) is 0 Å². The standard InChI is InChI=1S/C15H28N4/c1-3-9-19(15-6-4-14(16)5-7-15)10-8-13-11-17-18(2)12-13/h11-12,14-15H,3-10,16H2,1-2H3. The predicted octanol–water partition coefficient (Wildman–Crippen LogP) is 1.94. The Kier molecular flexibility index (Phi) is 5.40. The average molecular weight is 264 g/mol. The van der Waals surface area contributed by atoms with Gasteiger partial charge in [-0.15, -0.1) is 0 Å². The molecule has 0 amide bonds. The highest BCUT2D eigenvalue weighted by Crippen LogP contribution is 2.22. The van der Waals surface area contributed by atoms with Gasteiger partial charge in [0.15, 0.2) is 0 Å². The molecule has 4 nitrogen and oxygen atoms in total. The fourth-order valence-corrected chi connectivity index (χ4v) is 3.10. The molecule has 0 atom stereocenters. The van der Waals surface area contributed by atoms with Crippen LogP contribution in [0.2, 0.25) is 0 Å². The first kappa shape index (κ1) is 14.5. The van der Waals surface area contributed by atoms with Gasteiger partial charge in [0.25, 0.3) is 0 Å². The van der Waals surface area contributed by atoms with Crippen LogP contribution in [-0.4, -0.2) is 39.9 Å². The van der Waals surface area contributed by atoms with Crippen molar-refractivity contribution in [2.45, 2.75) is 57.5 Å². The number of nitrogens with zero attached hydrogens (tertiary/aromatic N) is 3. The molecule has 0 spiro atoms. The predicted molar refractivity (Wildman–Crippen MR) is 79.0 cm³/mol. The number of aromatic nitrogens is 2. The average Bonchev–Trinajstić information content (AvgIpc) is 2.81. The van der Waals surface area contributed by atoms with Crippen LogP contribution in [0.5, 0.6) is 0 Å². The molecule has 0 aromatic carbocycles. The van der Waals surface area contributed by atoms with E-state index in [1.54, 1.807) is 0 Å². The summed E-state index contributed by atoms with van der Waals surface area (Å²) in [6, 6.07) is 1.19. The van der Waals surface area contributed by atoms with Crippen LogP contribution in [0.4, 0.5) is 0 Å². The summed E-state index contributed by atoms with van der Waals surface area (Å²) in [6.07, 6.45) is 11.4. The number of nitrogens with two attached hydrogens (primary N) is 1. The van der Waals surface area contributed by atoms with Crippen LogP contribution < -0.4 is 5.73 Å². The second-order valence-electron chi connectivity index (χ2n) is 5.88. The summed E-state index contributed by atoms with van der Waals surface area (Å²) < 4.78 is 1.89. The fraction of sp³-hybridized carbons (Fsp3) is 0.800. The summed E-state index contributed by atoms with van der Waals surface area (Å²) >= 11 is 0. The zero-order valence-corrected chi connectivity index (χ0v) is 12.4. The normalized spacial score (nSPS) is 24.0. The van der Waals surface area contributed by atoms with Gasteiger partial charge in [-0.25, -0.2) is 0 Å². The topological polar surface area (TPSA) is 47.1 Å². The van der Waals surface area contributed by atoms with E-state index in [2.05, 4.69) is 23.1 Å². The van der Waals surface area contributed by atoms with E-state index in [9.17, 15) is 0 Å². The minimum Gasteiger partial charge on any atom is -0.328 e. The fourth-order valence-electron chi connectivity index (χ4n) is 3.10. The number of hydrogen-bond acceptors (Lipinski definition) is 3. The minimum atomic E-state index is 0.443. The third-order valence-corrected chi connectivity index (χ3v) is 4.21. The summed E-state index contributed by atoms with van der Waals surface area (Å²) in [7, 11) is 1.98. The smallest absolute Gasteiger partial charge is 0.0522 e. The van der Waals surface area contributed by atoms with Gasteiger partial charge in [-0.3, -0.25) is 4.68 Å². The van der Waals surface area contributed by atoms with Crippen LogP contribution >= 0.6 is 0 Å². The Hall–Kier alpha value is -0.870. The Bertz CT molecular complexity index is 366. The Morgan fingerprint density at radius 2 is 2.05 bits per heavy atom. The zero-order chi connectivity index (χ0) is 13.7. The lowest BCUT2D eigenvalue weighted by Crippen LogP contribution is -2.42. The molecule has 4 heteroatoms. The third-order valence-electron chi connectivity index (χ3n) is 4.21. The van der Waals surface area contributed by atoms with Crippen LogP contribution in [-0.2, 0) is 13.5 Å². The molecule has 0 aliphatic heterocycles. The molecule has 1 aromatic heterocycles. The van der Waals surface area contributed by atoms with Crippen molar-refractivity contribution in [3.05, 3.63) is 18.0 Å². The highest BCUT2D eigenvalue weighted by Gasteiger charge is 2.23. The maximum Gasteiger partial charge on any atom is 0.0522 e. The van der Waals surface area contributed by atoms with Gasteiger partial charge in [0.1, 0.15) is 0 Å². The van der Waals surface area contributed by atoms with E-state index in [4.69, 9.17) is 5.73 Å². The molecule has 1 fully saturated rings. The van der Waals surface area contributed by atoms with Gasteiger partial charge in [0, 0.05) is 31.9 Å². The molecule has 1 aromatic rings. The first-order valence-electron chi connectivity index (χ1n) is 7.66. The van der Waals surface area contributed by atoms with Gasteiger partial charge < -0.3 is 10.6 Å². The van der Waals surface area contributed by atoms with Crippen molar-refractivity contribution in [3.63, 3.8) is 0 Å². The number of rotatable bonds is 6. The van der Waals surface area contributed by atoms with Crippen molar-refractivity contribution in [3.8, 4) is 0 Å². The summed E-state index contributed by atoms with van der Waals surface area (Å²) in [5.41, 5.74) is 7.35. The molecule has 2 rings (SSSR count). The first-order chi connectivity index (χ1) is 9.19. The zero-order valence-electron chi connectivity index (χ0n) is 12.4. The van der Waals surface area contributed by atoms with Crippen LogP contribution in [0.3, 0.4) is 0 Å². The second-order valence-corrected chi connectivity index (χ2v) is 5.88. The molecule has 1 heterocycles. The SMILES string of the molecule is CCCN(CCc1cnn(C)c1)C1CCC(N)CC1. The van der Waals surface area contributed by atoms with Crippen molar-refractivity contribution in [2.75, 3.05) is 13.1 Å². The van der Waals surface area contributed by atoms with E-state index in [0.717, 1.165) is 19.0 Å². The molecular weight excluding hydrogens is 236 g/mol. The Balaban J connectivity index is 1.85. The van der Waals surface area contributed by atoms with Crippen molar-refractivity contribution in [1.29, 1.82) is 0 Å². The largest absolute Gasteiger partial charge is 0.328 e. The monoisotopic (exact) mass is 264 g/mol. The summed E-state index contributed by atoms with van der Waals surface area (Å²) in [4.78, 5) is 2.67. The maximum absolute atomic E-state index is 6.01. The molecule has 1 aliphatic carbocycles. The van der Waals surface area contributed by atoms with Crippen molar-refractivity contribution < 1.29 is 0 Å². The lowest BCUT2D eigenvalue weighted by molar-refractivity contribution is 0.151. The van der Waals surface area contributed by atoms with Crippen LogP contribution in [0.15, 0.2) is 12.4 Å². The lowest BCUT2D eigenvalue weighted by Gasteiger charge is -2.36. The third kappa shape index (κ3) is 4.32. The van der Waals surface area contributed by atoms with Gasteiger partial charge in [-0.1, -0.05) is 6.92 Å². The maximum atomic E-state index is 6.01. The molecule has 19 heavy (non-hydrogen) atoms. The molecule has 0 bridgehead atoms. The lowest BCUT2D eigenvalue weighted by atomic mass is 9.90. The van der Waals surface area contributed by atoms with E-state index < -0.39 is 0 Å². The van der Waals surface area contributed by atoms with Crippen molar-refractivity contribution >= 4 is 0 Å². The Morgan fingerprint density at radius 3 is 2.63 bits per heavy atom. The minimum absolute atomic E-state index is 0.443. The summed E-state index contributed by atoms with van der Waals surface area (Å²) in [5.74, 6) is 0. The number of aryl methyl sites for hydroxylation is 1.